The molecule has 0 saturated heterocycles. The molecule has 4 aromatic rings. The second kappa shape index (κ2) is 19.8. The average molecular weight is 897 g/mol. The molecule has 3 aromatic carbocycles. The maximum atomic E-state index is 14.5. The highest BCUT2D eigenvalue weighted by Crippen LogP contribution is 2.50. The van der Waals surface area contributed by atoms with E-state index < -0.39 is 47.2 Å². The Labute approximate surface area is 367 Å². The van der Waals surface area contributed by atoms with E-state index in [1.165, 1.54) is 29.4 Å². The lowest BCUT2D eigenvalue weighted by atomic mass is 9.77. The van der Waals surface area contributed by atoms with Crippen LogP contribution in [-0.2, 0) is 26.7 Å². The van der Waals surface area contributed by atoms with Gasteiger partial charge in [-0.05, 0) is 150 Å². The molecule has 0 bridgehead atoms. The smallest absolute Gasteiger partial charge is 0.411 e. The van der Waals surface area contributed by atoms with E-state index in [1.54, 1.807) is 0 Å². The van der Waals surface area contributed by atoms with Crippen LogP contribution in [0.2, 0.25) is 0 Å². The van der Waals surface area contributed by atoms with Gasteiger partial charge >= 0.3 is 23.7 Å². The standard InChI is InChI=1S/C47H54F6N6O5/c1-27-22-34(39(60)24-29-8-19-37(20-9-29)59(2)3)16-21-38(27)31-10-4-28(5-11-31)23-35(25-40(61)32-12-6-30(26-54)7-13-32)42(62)55-36-17-14-33(15-18-36)41-56-43(58-57-41)45(48,49)47(52,53)46(50,51)44(63)64/h4-5,10-11,14-18,21-22,29-30,32,35,37H,6-9,12-13,19-20,23-26,54H2,1-3H3,(H,55,62)(H,63,64)(H,56,57,58)/t29?,30?,32?,35-,37?/m1/s1. The molecule has 2 aliphatic rings. The van der Waals surface area contributed by atoms with E-state index in [0.717, 1.165) is 60.8 Å². The highest BCUT2D eigenvalue weighted by Gasteiger charge is 2.77. The molecule has 11 nitrogen and oxygen atoms in total. The van der Waals surface area contributed by atoms with Crippen LogP contribution in [0.25, 0.3) is 22.5 Å². The van der Waals surface area contributed by atoms with Gasteiger partial charge in [0.25, 0.3) is 0 Å². The van der Waals surface area contributed by atoms with E-state index in [1.807, 2.05) is 49.4 Å². The van der Waals surface area contributed by atoms with Crippen molar-refractivity contribution in [3.63, 3.8) is 0 Å². The minimum Gasteiger partial charge on any atom is -0.477 e. The molecule has 5 N–H and O–H groups in total. The van der Waals surface area contributed by atoms with Crippen LogP contribution in [0.1, 0.15) is 91.5 Å². The third kappa shape index (κ3) is 10.6. The number of aromatic amines is 1. The summed E-state index contributed by atoms with van der Waals surface area (Å²) in [7, 11) is 4.20. The Hall–Kier alpha value is -5.42. The van der Waals surface area contributed by atoms with Crippen LogP contribution in [0.15, 0.2) is 66.7 Å². The summed E-state index contributed by atoms with van der Waals surface area (Å²) in [6.07, 6.45) is 8.02. The summed E-state index contributed by atoms with van der Waals surface area (Å²) in [6.45, 7) is 2.52. The van der Waals surface area contributed by atoms with Gasteiger partial charge in [0.2, 0.25) is 11.7 Å². The Kier molecular flexibility index (Phi) is 14.8. The molecule has 0 aliphatic heterocycles. The first-order valence-electron chi connectivity index (χ1n) is 21.5. The number of hydrogen-bond acceptors (Lipinski definition) is 8. The van der Waals surface area contributed by atoms with E-state index in [9.17, 15) is 45.5 Å². The van der Waals surface area contributed by atoms with Gasteiger partial charge in [0.1, 0.15) is 5.78 Å². The van der Waals surface area contributed by atoms with E-state index in [-0.39, 0.29) is 41.6 Å². The molecular formula is C47H54F6N6O5. The van der Waals surface area contributed by atoms with Crippen molar-refractivity contribution in [1.29, 1.82) is 0 Å². The van der Waals surface area contributed by atoms with Crippen LogP contribution in [0.3, 0.4) is 0 Å². The van der Waals surface area contributed by atoms with Gasteiger partial charge in [-0.25, -0.2) is 9.78 Å². The number of carbonyl (C=O) groups is 4. The number of anilines is 1. The van der Waals surface area contributed by atoms with Crippen molar-refractivity contribution in [2.45, 2.75) is 101 Å². The van der Waals surface area contributed by atoms with Gasteiger partial charge in [-0.15, -0.1) is 0 Å². The lowest BCUT2D eigenvalue weighted by Gasteiger charge is -2.32. The summed E-state index contributed by atoms with van der Waals surface area (Å²) in [5.74, 6) is -24.9. The fourth-order valence-corrected chi connectivity index (χ4v) is 8.86. The molecular weight excluding hydrogens is 843 g/mol. The SMILES string of the molecule is Cc1cc(C(=O)CC2CCC(N(C)C)CC2)ccc1-c1ccc(C[C@H](CC(=O)C2CCC(CN)CC2)C(=O)Nc2ccc(-c3n[nH]c(C(F)(F)C(F)(F)C(F)(F)C(=O)O)n3)cc2)cc1. The number of ketones is 2. The number of Topliss-reactive ketones (excluding diaryl/α,β-unsaturated/α-hetero) is 2. The quantitative estimate of drug-likeness (QED) is 0.0562. The molecule has 0 radical (unpaired) electrons. The monoisotopic (exact) mass is 896 g/mol. The van der Waals surface area contributed by atoms with Crippen molar-refractivity contribution < 1.29 is 50.6 Å². The summed E-state index contributed by atoms with van der Waals surface area (Å²) in [4.78, 5) is 57.0. The van der Waals surface area contributed by atoms with Crippen molar-refractivity contribution in [3.05, 3.63) is 89.2 Å². The van der Waals surface area contributed by atoms with Gasteiger partial charge < -0.3 is 21.1 Å². The average Bonchev–Trinajstić information content (AvgIpc) is 3.78. The van der Waals surface area contributed by atoms with Gasteiger partial charge in [-0.3, -0.25) is 19.5 Å². The topological polar surface area (TPSA) is 171 Å². The number of nitrogens with one attached hydrogen (secondary N) is 2. The van der Waals surface area contributed by atoms with Gasteiger partial charge in [0, 0.05) is 47.5 Å². The van der Waals surface area contributed by atoms with Crippen molar-refractivity contribution in [2.75, 3.05) is 26.0 Å². The van der Waals surface area contributed by atoms with Crippen LogP contribution >= 0.6 is 0 Å². The maximum Gasteiger partial charge on any atom is 0.411 e. The lowest BCUT2D eigenvalue weighted by Crippen LogP contribution is -2.56. The predicted octanol–water partition coefficient (Wildman–Crippen LogP) is 9.11. The lowest BCUT2D eigenvalue weighted by molar-refractivity contribution is -0.311. The zero-order chi connectivity index (χ0) is 46.6. The van der Waals surface area contributed by atoms with Crippen LogP contribution in [0, 0.1) is 30.6 Å². The molecule has 2 fully saturated rings. The van der Waals surface area contributed by atoms with E-state index in [2.05, 4.69) is 34.4 Å². The number of nitrogens with zero attached hydrogens (tertiary/aromatic N) is 3. The second-order valence-corrected chi connectivity index (χ2v) is 17.6. The van der Waals surface area contributed by atoms with Gasteiger partial charge in [-0.2, -0.15) is 31.4 Å². The Morgan fingerprint density at radius 1 is 0.844 bits per heavy atom. The fourth-order valence-electron chi connectivity index (χ4n) is 8.86. The summed E-state index contributed by atoms with van der Waals surface area (Å²) >= 11 is 0. The summed E-state index contributed by atoms with van der Waals surface area (Å²) in [6, 6.07) is 19.3. The van der Waals surface area contributed by atoms with E-state index >= 15 is 0 Å². The van der Waals surface area contributed by atoms with Gasteiger partial charge in [-0.1, -0.05) is 36.4 Å². The number of nitrogens with two attached hydrogens (primary N) is 1. The number of amides is 1. The molecule has 344 valence electrons. The van der Waals surface area contributed by atoms with Crippen LogP contribution in [0.5, 0.6) is 0 Å². The molecule has 2 saturated carbocycles. The third-order valence-corrected chi connectivity index (χ3v) is 13.0. The first kappa shape index (κ1) is 48.0. The maximum absolute atomic E-state index is 14.5. The van der Waals surface area contributed by atoms with Crippen LogP contribution in [-0.4, -0.2) is 87.2 Å². The fraction of sp³-hybridized carbons (Fsp3) is 0.489. The Balaban J connectivity index is 1.14. The number of aryl methyl sites for hydroxylation is 1. The largest absolute Gasteiger partial charge is 0.477 e. The van der Waals surface area contributed by atoms with Crippen LogP contribution < -0.4 is 11.1 Å². The number of carboxylic acid groups (broad SMARTS) is 1. The second-order valence-electron chi connectivity index (χ2n) is 17.6. The van der Waals surface area contributed by atoms with Crippen LogP contribution in [0.4, 0.5) is 32.0 Å². The molecule has 1 atom stereocenters. The molecule has 17 heteroatoms. The van der Waals surface area contributed by atoms with Crippen molar-refractivity contribution in [3.8, 4) is 22.5 Å². The zero-order valence-electron chi connectivity index (χ0n) is 36.0. The number of carboxylic acids is 1. The number of halogens is 6. The van der Waals surface area contributed by atoms with Crippen molar-refractivity contribution >= 4 is 29.1 Å². The zero-order valence-corrected chi connectivity index (χ0v) is 36.0. The van der Waals surface area contributed by atoms with Crippen molar-refractivity contribution in [2.24, 2.45) is 29.4 Å². The minimum absolute atomic E-state index is 0.0288. The molecule has 6 rings (SSSR count). The van der Waals surface area contributed by atoms with Gasteiger partial charge in [0.05, 0.1) is 0 Å². The molecule has 1 aromatic heterocycles. The number of aromatic nitrogens is 3. The van der Waals surface area contributed by atoms with E-state index in [4.69, 9.17) is 10.8 Å². The number of alkyl halides is 6. The highest BCUT2D eigenvalue weighted by molar-refractivity contribution is 5.97. The summed E-state index contributed by atoms with van der Waals surface area (Å²) < 4.78 is 84.4. The molecule has 1 heterocycles. The molecule has 64 heavy (non-hydrogen) atoms. The first-order valence-corrected chi connectivity index (χ1v) is 21.5. The number of H-pyrrole nitrogens is 1. The normalized spacial score (nSPS) is 20.2. The molecule has 0 spiro atoms. The number of rotatable bonds is 18. The Morgan fingerprint density at radius 2 is 1.45 bits per heavy atom. The molecule has 0 unspecified atom stereocenters. The number of carbonyl (C=O) groups excluding carboxylic acids is 3. The Bertz CT molecular complexity index is 2290. The summed E-state index contributed by atoms with van der Waals surface area (Å²) in [5, 5.41) is 16.2. The minimum atomic E-state index is -6.36. The van der Waals surface area contributed by atoms with E-state index in [0.29, 0.717) is 49.2 Å². The molecule has 2 aliphatic carbocycles. The number of benzene rings is 3. The molecule has 1 amide bonds. The number of aliphatic carboxylic acids is 1. The van der Waals surface area contributed by atoms with Crippen molar-refractivity contribution in [1.82, 2.24) is 20.1 Å². The Morgan fingerprint density at radius 3 is 2.03 bits per heavy atom. The summed E-state index contributed by atoms with van der Waals surface area (Å²) in [5.41, 5.74) is 10.4. The number of hydrogen-bond donors (Lipinski definition) is 4. The predicted molar refractivity (Wildman–Crippen MR) is 228 cm³/mol. The first-order chi connectivity index (χ1) is 30.2. The van der Waals surface area contributed by atoms with Gasteiger partial charge in [0.15, 0.2) is 11.6 Å². The third-order valence-electron chi connectivity index (χ3n) is 13.0. The highest BCUT2D eigenvalue weighted by atomic mass is 19.3.